The predicted octanol–water partition coefficient (Wildman–Crippen LogP) is 2.34. The Morgan fingerprint density at radius 2 is 2.33 bits per heavy atom. The molecule has 2 heterocycles. The van der Waals surface area contributed by atoms with E-state index < -0.39 is 5.97 Å². The summed E-state index contributed by atoms with van der Waals surface area (Å²) < 4.78 is 12.2. The predicted molar refractivity (Wildman–Crippen MR) is 79.6 cm³/mol. The van der Waals surface area contributed by atoms with Gasteiger partial charge in [-0.25, -0.2) is 9.78 Å². The summed E-state index contributed by atoms with van der Waals surface area (Å²) in [7, 11) is 1.52. The molecular formula is C14H13N3O3S. The molecule has 1 aromatic carbocycles. The van der Waals surface area contributed by atoms with Crippen molar-refractivity contribution >= 4 is 28.0 Å². The molecule has 0 unspecified atom stereocenters. The second-order valence-corrected chi connectivity index (χ2v) is 5.23. The lowest BCUT2D eigenvalue weighted by molar-refractivity contribution is 0.0468. The third-order valence-electron chi connectivity index (χ3n) is 2.96. The minimum atomic E-state index is -0.444. The van der Waals surface area contributed by atoms with Gasteiger partial charge in [-0.2, -0.15) is 0 Å². The summed E-state index contributed by atoms with van der Waals surface area (Å²) in [5.74, 6) is 0.0848. The lowest BCUT2D eigenvalue weighted by Crippen LogP contribution is -2.06. The lowest BCUT2D eigenvalue weighted by Gasteiger charge is -2.07. The van der Waals surface area contributed by atoms with E-state index in [9.17, 15) is 4.79 Å². The standard InChI is InChI=1S/C14H13N3O3S/c1-19-12-3-2-9(6-11(12)15)13(18)20-8-10-7-17-4-5-21-14(17)16-10/h2-7H,8,15H2,1H3. The molecule has 2 aromatic heterocycles. The van der Waals surface area contributed by atoms with Crippen LogP contribution in [0.4, 0.5) is 5.69 Å². The largest absolute Gasteiger partial charge is 0.495 e. The van der Waals surface area contributed by atoms with Crippen LogP contribution in [0.2, 0.25) is 0 Å². The van der Waals surface area contributed by atoms with Gasteiger partial charge in [0.15, 0.2) is 4.96 Å². The van der Waals surface area contributed by atoms with Crippen LogP contribution in [0.25, 0.3) is 4.96 Å². The number of aromatic nitrogens is 2. The van der Waals surface area contributed by atoms with Crippen LogP contribution in [0.1, 0.15) is 16.1 Å². The highest BCUT2D eigenvalue weighted by Crippen LogP contribution is 2.22. The van der Waals surface area contributed by atoms with Gasteiger partial charge in [-0.05, 0) is 18.2 Å². The van der Waals surface area contributed by atoms with Crippen molar-refractivity contribution in [2.75, 3.05) is 12.8 Å². The zero-order chi connectivity index (χ0) is 14.8. The van der Waals surface area contributed by atoms with Crippen LogP contribution in [0, 0.1) is 0 Å². The third kappa shape index (κ3) is 2.68. The summed E-state index contributed by atoms with van der Waals surface area (Å²) in [5, 5.41) is 1.94. The number of benzene rings is 1. The van der Waals surface area contributed by atoms with Crippen molar-refractivity contribution in [3.63, 3.8) is 0 Å². The number of hydrogen-bond donors (Lipinski definition) is 1. The minimum Gasteiger partial charge on any atom is -0.495 e. The molecule has 0 saturated heterocycles. The molecule has 0 radical (unpaired) electrons. The van der Waals surface area contributed by atoms with Crippen LogP contribution in [0.3, 0.4) is 0 Å². The second kappa shape index (κ2) is 5.45. The SMILES string of the molecule is COc1ccc(C(=O)OCc2cn3ccsc3n2)cc1N. The van der Waals surface area contributed by atoms with Gasteiger partial charge in [0.05, 0.1) is 24.1 Å². The molecule has 0 spiro atoms. The van der Waals surface area contributed by atoms with Crippen molar-refractivity contribution < 1.29 is 14.3 Å². The van der Waals surface area contributed by atoms with E-state index in [0.717, 1.165) is 4.96 Å². The first-order chi connectivity index (χ1) is 10.2. The number of anilines is 1. The molecule has 0 aliphatic heterocycles. The number of ether oxygens (including phenoxy) is 2. The van der Waals surface area contributed by atoms with E-state index in [2.05, 4.69) is 4.98 Å². The lowest BCUT2D eigenvalue weighted by atomic mass is 10.2. The molecule has 21 heavy (non-hydrogen) atoms. The van der Waals surface area contributed by atoms with Gasteiger partial charge < -0.3 is 15.2 Å². The topological polar surface area (TPSA) is 78.8 Å². The van der Waals surface area contributed by atoms with Crippen molar-refractivity contribution in [1.29, 1.82) is 0 Å². The Morgan fingerprint density at radius 3 is 3.05 bits per heavy atom. The van der Waals surface area contributed by atoms with Crippen LogP contribution in [-0.4, -0.2) is 22.5 Å². The molecule has 2 N–H and O–H groups in total. The van der Waals surface area contributed by atoms with Gasteiger partial charge in [0.2, 0.25) is 0 Å². The molecule has 108 valence electrons. The second-order valence-electron chi connectivity index (χ2n) is 4.36. The summed E-state index contributed by atoms with van der Waals surface area (Å²) in [6, 6.07) is 4.79. The molecule has 0 aliphatic rings. The molecule has 0 atom stereocenters. The number of imidazole rings is 1. The molecule has 0 bridgehead atoms. The first-order valence-corrected chi connectivity index (χ1v) is 7.07. The summed E-state index contributed by atoms with van der Waals surface area (Å²) in [5.41, 5.74) is 7.25. The number of nitrogen functional groups attached to an aromatic ring is 1. The first-order valence-electron chi connectivity index (χ1n) is 6.19. The van der Waals surface area contributed by atoms with Crippen LogP contribution >= 0.6 is 11.3 Å². The Morgan fingerprint density at radius 1 is 1.48 bits per heavy atom. The number of rotatable bonds is 4. The molecule has 0 aliphatic carbocycles. The summed E-state index contributed by atoms with van der Waals surface area (Å²) in [4.78, 5) is 17.2. The zero-order valence-electron chi connectivity index (χ0n) is 11.3. The fraction of sp³-hybridized carbons (Fsp3) is 0.143. The fourth-order valence-corrected chi connectivity index (χ4v) is 2.65. The van der Waals surface area contributed by atoms with E-state index in [1.54, 1.807) is 12.1 Å². The molecule has 0 fully saturated rings. The van der Waals surface area contributed by atoms with E-state index in [1.165, 1.54) is 24.5 Å². The van der Waals surface area contributed by atoms with Crippen molar-refractivity contribution in [1.82, 2.24) is 9.38 Å². The Balaban J connectivity index is 1.68. The zero-order valence-corrected chi connectivity index (χ0v) is 12.1. The van der Waals surface area contributed by atoms with Crippen molar-refractivity contribution in [2.45, 2.75) is 6.61 Å². The quantitative estimate of drug-likeness (QED) is 0.591. The first kappa shape index (κ1) is 13.4. The van der Waals surface area contributed by atoms with Gasteiger partial charge >= 0.3 is 5.97 Å². The maximum atomic E-state index is 12.0. The Kier molecular flexibility index (Phi) is 3.49. The smallest absolute Gasteiger partial charge is 0.338 e. The highest BCUT2D eigenvalue weighted by Gasteiger charge is 2.11. The molecule has 0 amide bonds. The molecular weight excluding hydrogens is 290 g/mol. The maximum Gasteiger partial charge on any atom is 0.338 e. The van der Waals surface area contributed by atoms with E-state index in [0.29, 0.717) is 22.7 Å². The number of hydrogen-bond acceptors (Lipinski definition) is 6. The maximum absolute atomic E-state index is 12.0. The Hall–Kier alpha value is -2.54. The number of nitrogens with two attached hydrogens (primary N) is 1. The number of carbonyl (C=O) groups is 1. The molecule has 3 aromatic rings. The Labute approximate surface area is 124 Å². The highest BCUT2D eigenvalue weighted by molar-refractivity contribution is 7.15. The molecule has 3 rings (SSSR count). The van der Waals surface area contributed by atoms with E-state index in [-0.39, 0.29) is 6.61 Å². The molecule has 0 saturated carbocycles. The fourth-order valence-electron chi connectivity index (χ4n) is 1.93. The molecule has 6 nitrogen and oxygen atoms in total. The van der Waals surface area contributed by atoms with Gasteiger partial charge in [0.25, 0.3) is 0 Å². The van der Waals surface area contributed by atoms with E-state index in [1.807, 2.05) is 22.2 Å². The number of fused-ring (bicyclic) bond motifs is 1. The van der Waals surface area contributed by atoms with Gasteiger partial charge in [0, 0.05) is 17.8 Å². The van der Waals surface area contributed by atoms with Gasteiger partial charge in [0.1, 0.15) is 12.4 Å². The Bertz CT molecular complexity index is 765. The third-order valence-corrected chi connectivity index (χ3v) is 3.73. The average molecular weight is 303 g/mol. The number of nitrogens with zero attached hydrogens (tertiary/aromatic N) is 2. The van der Waals surface area contributed by atoms with Crippen molar-refractivity contribution in [2.24, 2.45) is 0 Å². The minimum absolute atomic E-state index is 0.124. The average Bonchev–Trinajstić information content (AvgIpc) is 3.05. The summed E-state index contributed by atoms with van der Waals surface area (Å²) in [6.45, 7) is 0.124. The number of methoxy groups -OCH3 is 1. The van der Waals surface area contributed by atoms with Crippen LogP contribution in [0.5, 0.6) is 5.75 Å². The highest BCUT2D eigenvalue weighted by atomic mass is 32.1. The molecule has 7 heteroatoms. The van der Waals surface area contributed by atoms with Crippen molar-refractivity contribution in [3.8, 4) is 5.75 Å². The normalized spacial score (nSPS) is 10.7. The monoisotopic (exact) mass is 303 g/mol. The number of thiazole rings is 1. The van der Waals surface area contributed by atoms with Gasteiger partial charge in [-0.1, -0.05) is 0 Å². The van der Waals surface area contributed by atoms with Gasteiger partial charge in [-0.15, -0.1) is 11.3 Å². The summed E-state index contributed by atoms with van der Waals surface area (Å²) in [6.07, 6.45) is 3.74. The van der Waals surface area contributed by atoms with E-state index >= 15 is 0 Å². The van der Waals surface area contributed by atoms with Crippen molar-refractivity contribution in [3.05, 3.63) is 47.2 Å². The number of carbonyl (C=O) groups excluding carboxylic acids is 1. The summed E-state index contributed by atoms with van der Waals surface area (Å²) >= 11 is 1.53. The van der Waals surface area contributed by atoms with Crippen LogP contribution < -0.4 is 10.5 Å². The number of esters is 1. The van der Waals surface area contributed by atoms with Crippen LogP contribution in [0.15, 0.2) is 36.0 Å². The van der Waals surface area contributed by atoms with E-state index in [4.69, 9.17) is 15.2 Å². The van der Waals surface area contributed by atoms with Gasteiger partial charge in [-0.3, -0.25) is 4.40 Å². The van der Waals surface area contributed by atoms with Crippen LogP contribution in [-0.2, 0) is 11.3 Å².